The van der Waals surface area contributed by atoms with Gasteiger partial charge in [0, 0.05) is 31.0 Å². The molecule has 11 heteroatoms. The minimum atomic E-state index is -4.68. The Kier molecular flexibility index (Phi) is 5.53. The van der Waals surface area contributed by atoms with Gasteiger partial charge >= 0.3 is 6.18 Å². The molecule has 0 radical (unpaired) electrons. The molecular formula is C22H18ClF3N6O. The molecule has 4 aromatic rings. The molecule has 3 heterocycles. The SMILES string of the molecule is FC(F)(F)c1nnc2c(N3CCC(=NOCc4ccccc4)CC3)nc3ccc(Cl)cc3n12. The lowest BCUT2D eigenvalue weighted by molar-refractivity contribution is -0.145. The number of oxime groups is 1. The highest BCUT2D eigenvalue weighted by Crippen LogP contribution is 2.34. The summed E-state index contributed by atoms with van der Waals surface area (Å²) in [5, 5.41) is 11.8. The van der Waals surface area contributed by atoms with E-state index in [0.29, 0.717) is 48.9 Å². The molecular weight excluding hydrogens is 457 g/mol. The van der Waals surface area contributed by atoms with E-state index in [9.17, 15) is 13.2 Å². The van der Waals surface area contributed by atoms with Crippen molar-refractivity contribution in [2.24, 2.45) is 5.16 Å². The van der Waals surface area contributed by atoms with Crippen molar-refractivity contribution in [1.29, 1.82) is 0 Å². The second-order valence-electron chi connectivity index (χ2n) is 7.65. The van der Waals surface area contributed by atoms with E-state index in [-0.39, 0.29) is 11.2 Å². The van der Waals surface area contributed by atoms with Crippen LogP contribution in [0.2, 0.25) is 5.02 Å². The van der Waals surface area contributed by atoms with Crippen LogP contribution in [0.3, 0.4) is 0 Å². The molecule has 170 valence electrons. The van der Waals surface area contributed by atoms with Gasteiger partial charge in [-0.2, -0.15) is 13.2 Å². The van der Waals surface area contributed by atoms with Crippen molar-refractivity contribution in [3.8, 4) is 0 Å². The highest BCUT2D eigenvalue weighted by Gasteiger charge is 2.38. The van der Waals surface area contributed by atoms with E-state index in [1.807, 2.05) is 35.2 Å². The lowest BCUT2D eigenvalue weighted by Gasteiger charge is -2.28. The maximum absolute atomic E-state index is 13.6. The summed E-state index contributed by atoms with van der Waals surface area (Å²) in [4.78, 5) is 12.0. The fourth-order valence-electron chi connectivity index (χ4n) is 3.83. The second-order valence-corrected chi connectivity index (χ2v) is 8.09. The van der Waals surface area contributed by atoms with Gasteiger partial charge in [-0.3, -0.25) is 4.40 Å². The monoisotopic (exact) mass is 474 g/mol. The van der Waals surface area contributed by atoms with Gasteiger partial charge in [-0.15, -0.1) is 10.2 Å². The third-order valence-corrected chi connectivity index (χ3v) is 5.66. The number of anilines is 1. The molecule has 5 rings (SSSR count). The molecule has 0 bridgehead atoms. The summed E-state index contributed by atoms with van der Waals surface area (Å²) in [5.74, 6) is -0.765. The maximum Gasteiger partial charge on any atom is 0.452 e. The zero-order valence-electron chi connectivity index (χ0n) is 17.3. The third kappa shape index (κ3) is 4.30. The minimum Gasteiger partial charge on any atom is -0.391 e. The standard InChI is InChI=1S/C22H18ClF3N6O/c23-15-6-7-17-18(12-15)32-20(28-29-21(32)22(24,25)26)19(27-17)31-10-8-16(9-11-31)30-33-13-14-4-2-1-3-5-14/h1-7,12H,8-11,13H2. The number of aromatic nitrogens is 4. The number of hydrogen-bond donors (Lipinski definition) is 0. The largest absolute Gasteiger partial charge is 0.452 e. The molecule has 0 saturated carbocycles. The minimum absolute atomic E-state index is 0.0396. The summed E-state index contributed by atoms with van der Waals surface area (Å²) in [5.41, 5.74) is 2.53. The van der Waals surface area contributed by atoms with E-state index in [2.05, 4.69) is 20.3 Å². The van der Waals surface area contributed by atoms with Crippen molar-refractivity contribution < 1.29 is 18.0 Å². The number of benzene rings is 2. The molecule has 1 saturated heterocycles. The molecule has 0 amide bonds. The smallest absolute Gasteiger partial charge is 0.391 e. The van der Waals surface area contributed by atoms with Crippen molar-refractivity contribution in [2.75, 3.05) is 18.0 Å². The number of halogens is 4. The van der Waals surface area contributed by atoms with Crippen molar-refractivity contribution >= 4 is 39.8 Å². The first-order chi connectivity index (χ1) is 15.9. The Bertz CT molecular complexity index is 1330. The van der Waals surface area contributed by atoms with Crippen LogP contribution in [0.25, 0.3) is 16.7 Å². The van der Waals surface area contributed by atoms with Crippen LogP contribution in [-0.4, -0.2) is 38.4 Å². The van der Waals surface area contributed by atoms with Crippen LogP contribution in [0.4, 0.5) is 19.0 Å². The van der Waals surface area contributed by atoms with Gasteiger partial charge in [0.15, 0.2) is 5.82 Å². The van der Waals surface area contributed by atoms with E-state index in [0.717, 1.165) is 15.7 Å². The lowest BCUT2D eigenvalue weighted by Crippen LogP contribution is -2.35. The molecule has 0 aliphatic carbocycles. The predicted molar refractivity (Wildman–Crippen MR) is 118 cm³/mol. The van der Waals surface area contributed by atoms with Gasteiger partial charge in [-0.1, -0.05) is 47.1 Å². The first kappa shape index (κ1) is 21.4. The maximum atomic E-state index is 13.6. The molecule has 1 aliphatic rings. The summed E-state index contributed by atoms with van der Waals surface area (Å²) in [6, 6.07) is 14.3. The van der Waals surface area contributed by atoms with Crippen LogP contribution in [0.1, 0.15) is 24.2 Å². The number of fused-ring (bicyclic) bond motifs is 3. The number of nitrogens with zero attached hydrogens (tertiary/aromatic N) is 6. The molecule has 0 N–H and O–H groups in total. The van der Waals surface area contributed by atoms with Gasteiger partial charge in [0.25, 0.3) is 0 Å². The highest BCUT2D eigenvalue weighted by atomic mass is 35.5. The molecule has 1 fully saturated rings. The molecule has 1 aliphatic heterocycles. The molecule has 7 nitrogen and oxygen atoms in total. The molecule has 33 heavy (non-hydrogen) atoms. The zero-order valence-corrected chi connectivity index (χ0v) is 18.0. The quantitative estimate of drug-likeness (QED) is 0.384. The fourth-order valence-corrected chi connectivity index (χ4v) is 3.99. The lowest BCUT2D eigenvalue weighted by atomic mass is 10.1. The van der Waals surface area contributed by atoms with Crippen LogP contribution in [0.15, 0.2) is 53.7 Å². The summed E-state index contributed by atoms with van der Waals surface area (Å²) in [7, 11) is 0. The Morgan fingerprint density at radius 3 is 2.52 bits per heavy atom. The van der Waals surface area contributed by atoms with Crippen molar-refractivity contribution in [2.45, 2.75) is 25.6 Å². The Hall–Kier alpha value is -3.40. The van der Waals surface area contributed by atoms with Crippen LogP contribution < -0.4 is 4.90 Å². The van der Waals surface area contributed by atoms with Gasteiger partial charge in [-0.25, -0.2) is 4.98 Å². The summed E-state index contributed by atoms with van der Waals surface area (Å²) < 4.78 is 41.9. The Morgan fingerprint density at radius 1 is 1.03 bits per heavy atom. The predicted octanol–water partition coefficient (Wildman–Crippen LogP) is 5.12. The van der Waals surface area contributed by atoms with E-state index in [1.165, 1.54) is 6.07 Å². The molecule has 0 spiro atoms. The van der Waals surface area contributed by atoms with Crippen molar-refractivity contribution in [1.82, 2.24) is 19.6 Å². The Labute approximate surface area is 191 Å². The van der Waals surface area contributed by atoms with Gasteiger partial charge in [-0.05, 0) is 23.8 Å². The van der Waals surface area contributed by atoms with Crippen LogP contribution in [0.5, 0.6) is 0 Å². The van der Waals surface area contributed by atoms with E-state index < -0.39 is 12.0 Å². The van der Waals surface area contributed by atoms with Gasteiger partial charge in [0.2, 0.25) is 11.5 Å². The van der Waals surface area contributed by atoms with Gasteiger partial charge in [0.05, 0.1) is 16.7 Å². The van der Waals surface area contributed by atoms with Crippen LogP contribution in [0, 0.1) is 0 Å². The normalized spacial score (nSPS) is 14.8. The van der Waals surface area contributed by atoms with Crippen molar-refractivity contribution in [3.63, 3.8) is 0 Å². The first-order valence-electron chi connectivity index (χ1n) is 10.3. The highest BCUT2D eigenvalue weighted by molar-refractivity contribution is 6.31. The zero-order chi connectivity index (χ0) is 23.0. The average molecular weight is 475 g/mol. The van der Waals surface area contributed by atoms with Crippen molar-refractivity contribution in [3.05, 3.63) is 64.9 Å². The van der Waals surface area contributed by atoms with Crippen LogP contribution >= 0.6 is 11.6 Å². The second kappa shape index (κ2) is 8.51. The Morgan fingerprint density at radius 2 is 1.79 bits per heavy atom. The third-order valence-electron chi connectivity index (χ3n) is 5.43. The topological polar surface area (TPSA) is 67.9 Å². The molecule has 0 atom stereocenters. The number of hydrogen-bond acceptors (Lipinski definition) is 6. The van der Waals surface area contributed by atoms with Crippen LogP contribution in [-0.2, 0) is 17.6 Å². The molecule has 2 aromatic heterocycles. The first-order valence-corrected chi connectivity index (χ1v) is 10.7. The van der Waals surface area contributed by atoms with Gasteiger partial charge < -0.3 is 9.74 Å². The Balaban J connectivity index is 1.42. The van der Waals surface area contributed by atoms with Gasteiger partial charge in [0.1, 0.15) is 6.61 Å². The molecule has 0 unspecified atom stereocenters. The van der Waals surface area contributed by atoms with E-state index in [1.54, 1.807) is 12.1 Å². The summed E-state index contributed by atoms with van der Waals surface area (Å²) >= 11 is 6.04. The molecule has 2 aromatic carbocycles. The number of alkyl halides is 3. The average Bonchev–Trinajstić information content (AvgIpc) is 3.26. The summed E-state index contributed by atoms with van der Waals surface area (Å²) in [6.07, 6.45) is -3.48. The summed E-state index contributed by atoms with van der Waals surface area (Å²) in [6.45, 7) is 1.41. The van der Waals surface area contributed by atoms with E-state index in [4.69, 9.17) is 16.4 Å². The number of piperidine rings is 1. The van der Waals surface area contributed by atoms with E-state index >= 15 is 0 Å². The number of rotatable bonds is 4. The fraction of sp³-hybridized carbons (Fsp3) is 0.273.